The smallest absolute Gasteiger partial charge is 0.178 e. The lowest BCUT2D eigenvalue weighted by molar-refractivity contribution is -0.179. The lowest BCUT2D eigenvalue weighted by Crippen LogP contribution is -2.62. The van der Waals surface area contributed by atoms with E-state index in [0.717, 1.165) is 35.9 Å². The van der Waals surface area contributed by atoms with Crippen LogP contribution in [0.1, 0.15) is 46.5 Å². The van der Waals surface area contributed by atoms with E-state index in [2.05, 4.69) is 16.9 Å². The van der Waals surface area contributed by atoms with Crippen molar-refractivity contribution < 1.29 is 19.8 Å². The topological polar surface area (TPSA) is 100 Å². The van der Waals surface area contributed by atoms with Crippen molar-refractivity contribution in [1.29, 1.82) is 0 Å². The number of benzene rings is 1. The summed E-state index contributed by atoms with van der Waals surface area (Å²) < 4.78 is 0. The first-order chi connectivity index (χ1) is 17.6. The molecule has 8 atom stereocenters. The number of para-hydroxylation sites is 2. The average Bonchev–Trinajstić information content (AvgIpc) is 3.08. The number of aliphatic hydroxyl groups excluding tert-OH is 1. The highest BCUT2D eigenvalue weighted by molar-refractivity contribution is 7.99. The van der Waals surface area contributed by atoms with E-state index in [9.17, 15) is 19.8 Å². The molecule has 7 heteroatoms. The predicted molar refractivity (Wildman–Crippen MR) is 143 cm³/mol. The quantitative estimate of drug-likeness (QED) is 0.573. The molecule has 4 aliphatic rings. The van der Waals surface area contributed by atoms with Crippen LogP contribution in [0, 0.1) is 34.5 Å². The van der Waals surface area contributed by atoms with E-state index in [4.69, 9.17) is 0 Å². The van der Waals surface area contributed by atoms with Crippen molar-refractivity contribution >= 4 is 34.4 Å². The maximum Gasteiger partial charge on any atom is 0.178 e. The Morgan fingerprint density at radius 3 is 2.76 bits per heavy atom. The molecule has 1 aromatic heterocycles. The molecule has 6 unspecified atom stereocenters. The summed E-state index contributed by atoms with van der Waals surface area (Å²) in [6, 6.07) is 7.62. The van der Waals surface area contributed by atoms with E-state index < -0.39 is 17.1 Å². The summed E-state index contributed by atoms with van der Waals surface area (Å²) >= 11 is 1.31. The second kappa shape index (κ2) is 8.58. The van der Waals surface area contributed by atoms with E-state index >= 15 is 0 Å². The maximum absolute atomic E-state index is 13.8. The summed E-state index contributed by atoms with van der Waals surface area (Å²) in [6.07, 6.45) is 9.19. The Kier molecular flexibility index (Phi) is 5.79. The lowest BCUT2D eigenvalue weighted by Gasteiger charge is -2.59. The molecule has 3 saturated carbocycles. The predicted octanol–water partition coefficient (Wildman–Crippen LogP) is 4.55. The molecule has 0 spiro atoms. The van der Waals surface area contributed by atoms with Crippen molar-refractivity contribution in [2.45, 2.75) is 63.2 Å². The number of carbonyl (C=O) groups is 2. The van der Waals surface area contributed by atoms with Gasteiger partial charge in [-0.2, -0.15) is 0 Å². The minimum Gasteiger partial charge on any atom is -0.393 e. The first-order valence-corrected chi connectivity index (χ1v) is 14.3. The molecule has 3 fully saturated rings. The normalized spacial score (nSPS) is 40.6. The van der Waals surface area contributed by atoms with Crippen molar-refractivity contribution in [1.82, 2.24) is 9.97 Å². The highest BCUT2D eigenvalue weighted by Crippen LogP contribution is 2.68. The molecule has 0 radical (unpaired) electrons. The van der Waals surface area contributed by atoms with E-state index in [0.29, 0.717) is 11.4 Å². The summed E-state index contributed by atoms with van der Waals surface area (Å²) in [6.45, 7) is 6.15. The largest absolute Gasteiger partial charge is 0.393 e. The standard InChI is InChI=1S/C30H34N2O4S/c1-17-12-21-20-9-8-18-13-19(33)10-11-28(18,2)27(20)24(34)14-29(21,3)30(17,36)25(35)16-37-26-15-31-22-6-4-5-7-23(22)32-26/h4-7,10-11,13,15,17,20-21,24,27,34,36H,8-9,12,14,16H2,1-3H3/t17-,20?,21?,24?,27?,28?,29?,30+/m1/s1. The number of fused-ring (bicyclic) bond motifs is 6. The monoisotopic (exact) mass is 518 g/mol. The number of hydrogen-bond acceptors (Lipinski definition) is 7. The number of thioether (sulfide) groups is 1. The lowest BCUT2D eigenvalue weighted by atomic mass is 9.46. The molecule has 0 saturated heterocycles. The summed E-state index contributed by atoms with van der Waals surface area (Å²) in [4.78, 5) is 34.9. The summed E-state index contributed by atoms with van der Waals surface area (Å²) in [5, 5.41) is 24.5. The molecule has 0 bridgehead atoms. The molecule has 2 aromatic rings. The number of nitrogens with zero attached hydrogens (tertiary/aromatic N) is 2. The second-order valence-electron chi connectivity index (χ2n) is 12.0. The summed E-state index contributed by atoms with van der Waals surface area (Å²) in [5.41, 5.74) is 0.0876. The van der Waals surface area contributed by atoms with Crippen LogP contribution < -0.4 is 0 Å². The van der Waals surface area contributed by atoms with Crippen LogP contribution in [-0.4, -0.2) is 49.2 Å². The van der Waals surface area contributed by atoms with Crippen LogP contribution in [0.2, 0.25) is 0 Å². The van der Waals surface area contributed by atoms with Crippen LogP contribution in [0.3, 0.4) is 0 Å². The van der Waals surface area contributed by atoms with Crippen LogP contribution in [0.15, 0.2) is 59.3 Å². The van der Waals surface area contributed by atoms with E-state index in [-0.39, 0.29) is 46.4 Å². The van der Waals surface area contributed by atoms with Gasteiger partial charge in [-0.15, -0.1) is 0 Å². The zero-order valence-corrected chi connectivity index (χ0v) is 22.4. The highest BCUT2D eigenvalue weighted by Gasteiger charge is 2.70. The Balaban J connectivity index is 1.27. The van der Waals surface area contributed by atoms with Gasteiger partial charge in [0.05, 0.1) is 29.1 Å². The van der Waals surface area contributed by atoms with Crippen molar-refractivity contribution in [3.8, 4) is 0 Å². The molecule has 6 nitrogen and oxygen atoms in total. The number of carbonyl (C=O) groups excluding carboxylic acids is 2. The fraction of sp³-hybridized carbons (Fsp3) is 0.533. The fourth-order valence-corrected chi connectivity index (χ4v) is 9.30. The molecule has 2 N–H and O–H groups in total. The van der Waals surface area contributed by atoms with Gasteiger partial charge in [-0.3, -0.25) is 14.6 Å². The Morgan fingerprint density at radius 2 is 1.97 bits per heavy atom. The van der Waals surface area contributed by atoms with Gasteiger partial charge in [0.15, 0.2) is 11.6 Å². The van der Waals surface area contributed by atoms with Gasteiger partial charge in [0.2, 0.25) is 0 Å². The van der Waals surface area contributed by atoms with Gasteiger partial charge in [-0.05, 0) is 67.7 Å². The first-order valence-electron chi connectivity index (χ1n) is 13.3. The Bertz CT molecular complexity index is 1360. The van der Waals surface area contributed by atoms with Crippen molar-refractivity contribution in [3.05, 3.63) is 54.3 Å². The minimum atomic E-state index is -1.52. The van der Waals surface area contributed by atoms with Crippen molar-refractivity contribution in [2.24, 2.45) is 34.5 Å². The third-order valence-electron chi connectivity index (χ3n) is 10.3. The fourth-order valence-electron chi connectivity index (χ4n) is 8.51. The van der Waals surface area contributed by atoms with E-state index in [1.54, 1.807) is 18.3 Å². The number of rotatable bonds is 4. The van der Waals surface area contributed by atoms with Gasteiger partial charge in [0.1, 0.15) is 10.6 Å². The third-order valence-corrected chi connectivity index (χ3v) is 11.2. The van der Waals surface area contributed by atoms with Gasteiger partial charge >= 0.3 is 0 Å². The second-order valence-corrected chi connectivity index (χ2v) is 13.0. The summed E-state index contributed by atoms with van der Waals surface area (Å²) in [7, 11) is 0. The maximum atomic E-state index is 13.8. The Hall–Kier alpha value is -2.35. The van der Waals surface area contributed by atoms with Gasteiger partial charge in [-0.25, -0.2) is 4.98 Å². The van der Waals surface area contributed by atoms with E-state index in [1.807, 2.05) is 44.2 Å². The molecule has 0 amide bonds. The van der Waals surface area contributed by atoms with Gasteiger partial charge in [-0.1, -0.05) is 56.3 Å². The van der Waals surface area contributed by atoms with Crippen LogP contribution in [0.5, 0.6) is 0 Å². The highest BCUT2D eigenvalue weighted by atomic mass is 32.2. The molecular formula is C30H34N2O4S. The minimum absolute atomic E-state index is 0.0177. The Morgan fingerprint density at radius 1 is 1.22 bits per heavy atom. The van der Waals surface area contributed by atoms with Crippen LogP contribution in [0.25, 0.3) is 11.0 Å². The number of aromatic nitrogens is 2. The molecule has 1 heterocycles. The van der Waals surface area contributed by atoms with Gasteiger partial charge in [0.25, 0.3) is 0 Å². The first kappa shape index (κ1) is 25.0. The number of Topliss-reactive ketones (excluding diaryl/α,β-unsaturated/α-hetero) is 1. The zero-order chi connectivity index (χ0) is 26.2. The van der Waals surface area contributed by atoms with Crippen LogP contribution in [-0.2, 0) is 9.59 Å². The van der Waals surface area contributed by atoms with E-state index in [1.165, 1.54) is 11.8 Å². The average molecular weight is 519 g/mol. The number of ketones is 2. The van der Waals surface area contributed by atoms with Gasteiger partial charge < -0.3 is 10.2 Å². The molecule has 0 aliphatic heterocycles. The van der Waals surface area contributed by atoms with Crippen LogP contribution in [0.4, 0.5) is 0 Å². The zero-order valence-electron chi connectivity index (χ0n) is 21.6. The molecular weight excluding hydrogens is 484 g/mol. The molecule has 4 aliphatic carbocycles. The van der Waals surface area contributed by atoms with Crippen molar-refractivity contribution in [3.63, 3.8) is 0 Å². The molecule has 194 valence electrons. The number of aliphatic hydroxyl groups is 2. The SMILES string of the molecule is C[C@@H]1CC2C3CCC4=CC(=O)C=CC4(C)C3C(O)CC2(C)[C@@]1(O)C(=O)CSc1cnc2ccccc2n1. The third kappa shape index (κ3) is 3.53. The molecule has 1 aromatic carbocycles. The Labute approximate surface area is 221 Å². The van der Waals surface area contributed by atoms with Gasteiger partial charge in [0, 0.05) is 16.7 Å². The molecule has 6 rings (SSSR count). The van der Waals surface area contributed by atoms with Crippen molar-refractivity contribution in [2.75, 3.05) is 5.75 Å². The van der Waals surface area contributed by atoms with Crippen LogP contribution >= 0.6 is 11.8 Å². The number of hydrogen-bond donors (Lipinski definition) is 2. The number of allylic oxidation sites excluding steroid dienone is 4. The molecule has 37 heavy (non-hydrogen) atoms. The summed E-state index contributed by atoms with van der Waals surface area (Å²) in [5.74, 6) is -0.00274.